The van der Waals surface area contributed by atoms with Crippen LogP contribution in [0.25, 0.3) is 0 Å². The number of hydrogen-bond donors (Lipinski definition) is 0. The third kappa shape index (κ3) is 3.28. The maximum atomic E-state index is 11.9. The van der Waals surface area contributed by atoms with E-state index in [1.165, 1.54) is 11.1 Å². The Morgan fingerprint density at radius 3 is 2.47 bits per heavy atom. The van der Waals surface area contributed by atoms with Crippen molar-refractivity contribution in [2.75, 3.05) is 0 Å². The molecule has 0 bridgehead atoms. The van der Waals surface area contributed by atoms with Crippen molar-refractivity contribution in [3.8, 4) is 0 Å². The predicted octanol–water partition coefficient (Wildman–Crippen LogP) is 3.81. The number of benzene rings is 2. The SMILES string of the molecule is Cc1cccc(CCC(=O)c2ccccc2)c1. The van der Waals surface area contributed by atoms with Gasteiger partial charge in [-0.1, -0.05) is 60.2 Å². The van der Waals surface area contributed by atoms with Crippen LogP contribution in [-0.2, 0) is 6.42 Å². The molecule has 0 aliphatic heterocycles. The molecule has 0 amide bonds. The number of ketones is 1. The molecule has 0 saturated carbocycles. The second-order valence-corrected chi connectivity index (χ2v) is 4.28. The Bertz CT molecular complexity index is 500. The highest BCUT2D eigenvalue weighted by atomic mass is 16.1. The van der Waals surface area contributed by atoms with Gasteiger partial charge in [0.2, 0.25) is 0 Å². The minimum atomic E-state index is 0.215. The molecule has 0 heterocycles. The molecule has 0 fully saturated rings. The lowest BCUT2D eigenvalue weighted by Crippen LogP contribution is -2.00. The smallest absolute Gasteiger partial charge is 0.163 e. The highest BCUT2D eigenvalue weighted by Gasteiger charge is 2.05. The molecule has 0 atom stereocenters. The van der Waals surface area contributed by atoms with Gasteiger partial charge in [-0.2, -0.15) is 0 Å². The summed E-state index contributed by atoms with van der Waals surface area (Å²) in [5.41, 5.74) is 3.28. The lowest BCUT2D eigenvalue weighted by Gasteiger charge is -2.02. The van der Waals surface area contributed by atoms with Gasteiger partial charge in [-0.05, 0) is 18.9 Å². The van der Waals surface area contributed by atoms with Crippen molar-refractivity contribution in [1.29, 1.82) is 0 Å². The zero-order chi connectivity index (χ0) is 12.1. The van der Waals surface area contributed by atoms with E-state index in [0.717, 1.165) is 12.0 Å². The minimum Gasteiger partial charge on any atom is -0.294 e. The highest BCUT2D eigenvalue weighted by molar-refractivity contribution is 5.96. The number of Topliss-reactive ketones (excluding diaryl/α,β-unsaturated/α-hetero) is 1. The van der Waals surface area contributed by atoms with Gasteiger partial charge in [-0.15, -0.1) is 0 Å². The van der Waals surface area contributed by atoms with E-state index in [2.05, 4.69) is 25.1 Å². The van der Waals surface area contributed by atoms with E-state index in [4.69, 9.17) is 0 Å². The van der Waals surface area contributed by atoms with E-state index >= 15 is 0 Å². The van der Waals surface area contributed by atoms with Crippen molar-refractivity contribution >= 4 is 5.78 Å². The van der Waals surface area contributed by atoms with Crippen molar-refractivity contribution in [3.05, 3.63) is 71.3 Å². The van der Waals surface area contributed by atoms with Crippen LogP contribution >= 0.6 is 0 Å². The van der Waals surface area contributed by atoms with Crippen LogP contribution in [0, 0.1) is 6.92 Å². The third-order valence-electron chi connectivity index (χ3n) is 2.82. The molecular weight excluding hydrogens is 208 g/mol. The van der Waals surface area contributed by atoms with Gasteiger partial charge in [0, 0.05) is 12.0 Å². The fourth-order valence-corrected chi connectivity index (χ4v) is 1.89. The van der Waals surface area contributed by atoms with E-state index in [1.807, 2.05) is 36.4 Å². The van der Waals surface area contributed by atoms with Crippen LogP contribution < -0.4 is 0 Å². The van der Waals surface area contributed by atoms with Gasteiger partial charge in [0.05, 0.1) is 0 Å². The maximum Gasteiger partial charge on any atom is 0.163 e. The Hall–Kier alpha value is -1.89. The molecule has 0 unspecified atom stereocenters. The van der Waals surface area contributed by atoms with Gasteiger partial charge in [-0.25, -0.2) is 0 Å². The first-order valence-corrected chi connectivity index (χ1v) is 5.89. The van der Waals surface area contributed by atoms with Crippen molar-refractivity contribution in [2.24, 2.45) is 0 Å². The molecule has 0 spiro atoms. The molecule has 2 aromatic rings. The Balaban J connectivity index is 1.97. The number of hydrogen-bond acceptors (Lipinski definition) is 1. The van der Waals surface area contributed by atoms with Crippen LogP contribution in [0.3, 0.4) is 0 Å². The Labute approximate surface area is 102 Å². The molecule has 0 aliphatic carbocycles. The van der Waals surface area contributed by atoms with Crippen LogP contribution in [0.2, 0.25) is 0 Å². The summed E-state index contributed by atoms with van der Waals surface area (Å²) in [6.07, 6.45) is 1.39. The van der Waals surface area contributed by atoms with Crippen molar-refractivity contribution < 1.29 is 4.79 Å². The van der Waals surface area contributed by atoms with E-state index < -0.39 is 0 Å². The van der Waals surface area contributed by atoms with Gasteiger partial charge in [-0.3, -0.25) is 4.79 Å². The monoisotopic (exact) mass is 224 g/mol. The largest absolute Gasteiger partial charge is 0.294 e. The van der Waals surface area contributed by atoms with Crippen molar-refractivity contribution in [3.63, 3.8) is 0 Å². The van der Waals surface area contributed by atoms with Crippen LogP contribution in [0.1, 0.15) is 27.9 Å². The van der Waals surface area contributed by atoms with Crippen LogP contribution in [0.15, 0.2) is 54.6 Å². The minimum absolute atomic E-state index is 0.215. The van der Waals surface area contributed by atoms with Gasteiger partial charge >= 0.3 is 0 Å². The second-order valence-electron chi connectivity index (χ2n) is 4.28. The van der Waals surface area contributed by atoms with Crippen LogP contribution in [-0.4, -0.2) is 5.78 Å². The van der Waals surface area contributed by atoms with Gasteiger partial charge in [0.25, 0.3) is 0 Å². The van der Waals surface area contributed by atoms with E-state index in [-0.39, 0.29) is 5.78 Å². The number of carbonyl (C=O) groups excluding carboxylic acids is 1. The average molecular weight is 224 g/mol. The fourth-order valence-electron chi connectivity index (χ4n) is 1.89. The van der Waals surface area contributed by atoms with E-state index in [1.54, 1.807) is 0 Å². The molecule has 0 aliphatic rings. The average Bonchev–Trinajstić information content (AvgIpc) is 2.37. The molecule has 0 aromatic heterocycles. The first-order valence-electron chi connectivity index (χ1n) is 5.89. The first-order chi connectivity index (χ1) is 8.25. The molecule has 17 heavy (non-hydrogen) atoms. The second kappa shape index (κ2) is 5.44. The zero-order valence-corrected chi connectivity index (χ0v) is 10.0. The number of carbonyl (C=O) groups is 1. The van der Waals surface area contributed by atoms with Crippen molar-refractivity contribution in [1.82, 2.24) is 0 Å². The summed E-state index contributed by atoms with van der Waals surface area (Å²) in [5.74, 6) is 0.215. The third-order valence-corrected chi connectivity index (χ3v) is 2.82. The van der Waals surface area contributed by atoms with Crippen LogP contribution in [0.4, 0.5) is 0 Å². The van der Waals surface area contributed by atoms with Gasteiger partial charge in [0.1, 0.15) is 0 Å². The Kier molecular flexibility index (Phi) is 3.71. The standard InChI is InChI=1S/C16H16O/c1-13-6-5-7-14(12-13)10-11-16(17)15-8-3-2-4-9-15/h2-9,12H,10-11H2,1H3. The summed E-state index contributed by atoms with van der Waals surface area (Å²) >= 11 is 0. The summed E-state index contributed by atoms with van der Waals surface area (Å²) in [7, 11) is 0. The molecule has 2 rings (SSSR count). The summed E-state index contributed by atoms with van der Waals surface area (Å²) in [5, 5.41) is 0. The van der Waals surface area contributed by atoms with E-state index in [9.17, 15) is 4.79 Å². The molecule has 1 nitrogen and oxygen atoms in total. The lowest BCUT2D eigenvalue weighted by molar-refractivity contribution is 0.0983. The molecule has 86 valence electrons. The molecule has 1 heteroatoms. The predicted molar refractivity (Wildman–Crippen MR) is 70.3 cm³/mol. The number of rotatable bonds is 4. The summed E-state index contributed by atoms with van der Waals surface area (Å²) < 4.78 is 0. The summed E-state index contributed by atoms with van der Waals surface area (Å²) in [4.78, 5) is 11.9. The van der Waals surface area contributed by atoms with Gasteiger partial charge < -0.3 is 0 Å². The Morgan fingerprint density at radius 1 is 1.00 bits per heavy atom. The molecule has 2 aromatic carbocycles. The summed E-state index contributed by atoms with van der Waals surface area (Å²) in [6.45, 7) is 2.07. The van der Waals surface area contributed by atoms with E-state index in [0.29, 0.717) is 6.42 Å². The molecule has 0 saturated heterocycles. The fraction of sp³-hybridized carbons (Fsp3) is 0.188. The molecular formula is C16H16O. The van der Waals surface area contributed by atoms with Crippen molar-refractivity contribution in [2.45, 2.75) is 19.8 Å². The normalized spacial score (nSPS) is 10.2. The topological polar surface area (TPSA) is 17.1 Å². The quantitative estimate of drug-likeness (QED) is 0.722. The molecule has 0 radical (unpaired) electrons. The molecule has 0 N–H and O–H groups in total. The Morgan fingerprint density at radius 2 is 1.76 bits per heavy atom. The number of aryl methyl sites for hydroxylation is 2. The lowest BCUT2D eigenvalue weighted by atomic mass is 10.0. The van der Waals surface area contributed by atoms with Gasteiger partial charge in [0.15, 0.2) is 5.78 Å². The highest BCUT2D eigenvalue weighted by Crippen LogP contribution is 2.10. The maximum absolute atomic E-state index is 11.9. The first kappa shape index (κ1) is 11.6. The zero-order valence-electron chi connectivity index (χ0n) is 10.0. The summed E-state index contributed by atoms with van der Waals surface area (Å²) in [6, 6.07) is 17.8. The van der Waals surface area contributed by atoms with Crippen LogP contribution in [0.5, 0.6) is 0 Å².